The van der Waals surface area contributed by atoms with Crippen molar-refractivity contribution >= 4 is 0 Å². The van der Waals surface area contributed by atoms with Crippen molar-refractivity contribution in [2.75, 3.05) is 6.61 Å². The fraction of sp³-hybridized carbons (Fsp3) is 0.583. The Morgan fingerprint density at radius 2 is 2.19 bits per heavy atom. The average molecular weight is 224 g/mol. The number of pyridine rings is 1. The molecule has 4 heteroatoms. The molecule has 1 atom stereocenters. The van der Waals surface area contributed by atoms with E-state index in [2.05, 4.69) is 4.98 Å². The molecule has 0 amide bonds. The summed E-state index contributed by atoms with van der Waals surface area (Å²) in [5.74, 6) is 0.793. The number of rotatable bonds is 5. The highest BCUT2D eigenvalue weighted by molar-refractivity contribution is 5.19. The van der Waals surface area contributed by atoms with Gasteiger partial charge in [-0.15, -0.1) is 0 Å². The van der Waals surface area contributed by atoms with Crippen LogP contribution in [-0.2, 0) is 6.54 Å². The van der Waals surface area contributed by atoms with E-state index >= 15 is 0 Å². The van der Waals surface area contributed by atoms with Gasteiger partial charge in [0.15, 0.2) is 0 Å². The van der Waals surface area contributed by atoms with E-state index in [-0.39, 0.29) is 12.5 Å². The van der Waals surface area contributed by atoms with Crippen LogP contribution in [0.2, 0.25) is 0 Å². The lowest BCUT2D eigenvalue weighted by atomic mass is 9.94. The summed E-state index contributed by atoms with van der Waals surface area (Å²) < 4.78 is 5.48. The topological polar surface area (TPSA) is 68.4 Å². The average Bonchev–Trinajstić information content (AvgIpc) is 2.27. The van der Waals surface area contributed by atoms with Gasteiger partial charge in [0.2, 0.25) is 0 Å². The summed E-state index contributed by atoms with van der Waals surface area (Å²) in [6, 6.07) is 3.63. The zero-order chi connectivity index (χ0) is 12.2. The van der Waals surface area contributed by atoms with Crippen molar-refractivity contribution < 1.29 is 9.84 Å². The van der Waals surface area contributed by atoms with Gasteiger partial charge in [-0.3, -0.25) is 4.98 Å². The highest BCUT2D eigenvalue weighted by atomic mass is 16.5. The van der Waals surface area contributed by atoms with Gasteiger partial charge in [0, 0.05) is 6.54 Å². The molecule has 0 fully saturated rings. The van der Waals surface area contributed by atoms with E-state index in [1.165, 1.54) is 0 Å². The van der Waals surface area contributed by atoms with Crippen molar-refractivity contribution in [3.63, 3.8) is 0 Å². The third-order valence-corrected chi connectivity index (χ3v) is 2.78. The lowest BCUT2D eigenvalue weighted by molar-refractivity contribution is -0.0267. The minimum absolute atomic E-state index is 0.142. The highest BCUT2D eigenvalue weighted by Gasteiger charge is 2.25. The van der Waals surface area contributed by atoms with E-state index in [0.717, 1.165) is 5.69 Å². The minimum Gasteiger partial charge on any atom is -0.489 e. The van der Waals surface area contributed by atoms with Gasteiger partial charge in [0.1, 0.15) is 12.4 Å². The summed E-state index contributed by atoms with van der Waals surface area (Å²) in [6.45, 7) is 6.36. The first-order valence-corrected chi connectivity index (χ1v) is 5.46. The maximum Gasteiger partial charge on any atom is 0.137 e. The Labute approximate surface area is 96.5 Å². The van der Waals surface area contributed by atoms with Crippen LogP contribution in [-0.4, -0.2) is 22.3 Å². The molecule has 1 aromatic heterocycles. The number of nitrogens with two attached hydrogens (primary N) is 1. The molecule has 90 valence electrons. The van der Waals surface area contributed by atoms with Crippen LogP contribution in [0.3, 0.4) is 0 Å². The quantitative estimate of drug-likeness (QED) is 0.791. The van der Waals surface area contributed by atoms with Crippen molar-refractivity contribution in [2.24, 2.45) is 11.7 Å². The maximum atomic E-state index is 9.99. The van der Waals surface area contributed by atoms with Crippen molar-refractivity contribution in [3.8, 4) is 5.75 Å². The lowest BCUT2D eigenvalue weighted by Gasteiger charge is -2.27. The number of hydrogen-bond acceptors (Lipinski definition) is 4. The molecule has 16 heavy (non-hydrogen) atoms. The first-order chi connectivity index (χ1) is 7.45. The van der Waals surface area contributed by atoms with Gasteiger partial charge in [-0.25, -0.2) is 0 Å². The molecule has 1 unspecified atom stereocenters. The zero-order valence-corrected chi connectivity index (χ0v) is 10.1. The van der Waals surface area contributed by atoms with Crippen molar-refractivity contribution in [2.45, 2.75) is 32.9 Å². The summed E-state index contributed by atoms with van der Waals surface area (Å²) in [5, 5.41) is 9.99. The van der Waals surface area contributed by atoms with Gasteiger partial charge in [0.25, 0.3) is 0 Å². The SMILES string of the molecule is CC(C)C(C)(O)COc1ccc(CN)nc1. The van der Waals surface area contributed by atoms with Crippen LogP contribution in [0.4, 0.5) is 0 Å². The van der Waals surface area contributed by atoms with E-state index in [4.69, 9.17) is 10.5 Å². The van der Waals surface area contributed by atoms with Crippen LogP contribution in [0.5, 0.6) is 5.75 Å². The van der Waals surface area contributed by atoms with Gasteiger partial charge in [-0.1, -0.05) is 13.8 Å². The number of aliphatic hydroxyl groups is 1. The number of ether oxygens (including phenoxy) is 1. The number of nitrogens with zero attached hydrogens (tertiary/aromatic N) is 1. The molecule has 0 aliphatic carbocycles. The Bertz CT molecular complexity index is 320. The molecule has 0 saturated carbocycles. The van der Waals surface area contributed by atoms with Crippen molar-refractivity contribution in [1.29, 1.82) is 0 Å². The van der Waals surface area contributed by atoms with E-state index in [1.807, 2.05) is 26.0 Å². The van der Waals surface area contributed by atoms with E-state index in [1.54, 1.807) is 13.1 Å². The molecular weight excluding hydrogens is 204 g/mol. The normalized spacial score (nSPS) is 14.9. The van der Waals surface area contributed by atoms with Crippen LogP contribution in [0.1, 0.15) is 26.5 Å². The fourth-order valence-corrected chi connectivity index (χ4v) is 1.01. The van der Waals surface area contributed by atoms with Crippen molar-refractivity contribution in [1.82, 2.24) is 4.98 Å². The Morgan fingerprint density at radius 1 is 1.50 bits per heavy atom. The molecular formula is C12H20N2O2. The van der Waals surface area contributed by atoms with Gasteiger partial charge in [0.05, 0.1) is 17.5 Å². The van der Waals surface area contributed by atoms with Gasteiger partial charge in [-0.2, -0.15) is 0 Å². The van der Waals surface area contributed by atoms with E-state index < -0.39 is 5.60 Å². The van der Waals surface area contributed by atoms with Crippen LogP contribution < -0.4 is 10.5 Å². The third kappa shape index (κ3) is 3.47. The maximum absolute atomic E-state index is 9.99. The van der Waals surface area contributed by atoms with Crippen LogP contribution in [0.15, 0.2) is 18.3 Å². The number of hydrogen-bond donors (Lipinski definition) is 2. The zero-order valence-electron chi connectivity index (χ0n) is 10.1. The molecule has 0 saturated heterocycles. The second kappa shape index (κ2) is 5.27. The Balaban J connectivity index is 2.54. The molecule has 1 rings (SSSR count). The van der Waals surface area contributed by atoms with Crippen LogP contribution >= 0.6 is 0 Å². The molecule has 1 heterocycles. The van der Waals surface area contributed by atoms with Crippen LogP contribution in [0.25, 0.3) is 0 Å². The summed E-state index contributed by atoms with van der Waals surface area (Å²) >= 11 is 0. The second-order valence-electron chi connectivity index (χ2n) is 4.49. The standard InChI is InChI=1S/C12H20N2O2/c1-9(2)12(3,15)8-16-11-5-4-10(6-13)14-7-11/h4-5,7,9,15H,6,8,13H2,1-3H3. The lowest BCUT2D eigenvalue weighted by Crippen LogP contribution is -2.37. The van der Waals surface area contributed by atoms with Crippen LogP contribution in [0, 0.1) is 5.92 Å². The predicted molar refractivity (Wildman–Crippen MR) is 63.1 cm³/mol. The van der Waals surface area contributed by atoms with Crippen molar-refractivity contribution in [3.05, 3.63) is 24.0 Å². The summed E-state index contributed by atoms with van der Waals surface area (Å²) in [5.41, 5.74) is 5.43. The smallest absolute Gasteiger partial charge is 0.137 e. The largest absolute Gasteiger partial charge is 0.489 e. The molecule has 0 radical (unpaired) electrons. The molecule has 3 N–H and O–H groups in total. The molecule has 1 aromatic rings. The van der Waals surface area contributed by atoms with Gasteiger partial charge < -0.3 is 15.6 Å². The Hall–Kier alpha value is -1.13. The highest BCUT2D eigenvalue weighted by Crippen LogP contribution is 2.18. The first kappa shape index (κ1) is 12.9. The molecule has 0 aliphatic heterocycles. The summed E-state index contributed by atoms with van der Waals surface area (Å²) in [6.07, 6.45) is 1.62. The van der Waals surface area contributed by atoms with E-state index in [9.17, 15) is 5.11 Å². The molecule has 0 spiro atoms. The minimum atomic E-state index is -0.827. The third-order valence-electron chi connectivity index (χ3n) is 2.78. The van der Waals surface area contributed by atoms with Gasteiger partial charge in [-0.05, 0) is 25.0 Å². The van der Waals surface area contributed by atoms with Gasteiger partial charge >= 0.3 is 0 Å². The first-order valence-electron chi connectivity index (χ1n) is 5.46. The van der Waals surface area contributed by atoms with E-state index in [0.29, 0.717) is 12.3 Å². The summed E-state index contributed by atoms with van der Waals surface area (Å²) in [4.78, 5) is 4.11. The molecule has 0 aliphatic rings. The monoisotopic (exact) mass is 224 g/mol. The fourth-order valence-electron chi connectivity index (χ4n) is 1.01. The Morgan fingerprint density at radius 3 is 2.62 bits per heavy atom. The molecule has 0 aromatic carbocycles. The number of aromatic nitrogens is 1. The summed E-state index contributed by atoms with van der Waals surface area (Å²) in [7, 11) is 0. The second-order valence-corrected chi connectivity index (χ2v) is 4.49. The Kier molecular flexibility index (Phi) is 4.26. The molecule has 0 bridgehead atoms. The predicted octanol–water partition coefficient (Wildman–Crippen LogP) is 1.33. The molecule has 4 nitrogen and oxygen atoms in total.